The molecule has 0 amide bonds. The van der Waals surface area contributed by atoms with Crippen molar-refractivity contribution in [2.75, 3.05) is 26.7 Å². The van der Waals surface area contributed by atoms with E-state index in [-0.39, 0.29) is 11.1 Å². The monoisotopic (exact) mass is 447 g/mol. The van der Waals surface area contributed by atoms with Crippen LogP contribution < -0.4 is 0 Å². The van der Waals surface area contributed by atoms with Crippen LogP contribution in [0.5, 0.6) is 0 Å². The van der Waals surface area contributed by atoms with Crippen molar-refractivity contribution in [2.24, 2.45) is 5.92 Å². The Hall–Kier alpha value is -1.72. The molecular weight excluding hydrogens is 406 g/mol. The van der Waals surface area contributed by atoms with Gasteiger partial charge in [0, 0.05) is 30.7 Å². The standard InChI is InChI=1S/C29H41N3O/c1-3-30(2)29(26-15-8-5-9-16-26)19-17-28(18-20-29)23-31(21-24-11-6-4-7-12-24)27(33)32(28)22-25-13-10-14-25/h4-9,11-12,15-16,25,27,33H,3,10,13-14,17-23H2,1-2H3/t27?,28-,29+. The summed E-state index contributed by atoms with van der Waals surface area (Å²) in [6.45, 7) is 6.17. The summed E-state index contributed by atoms with van der Waals surface area (Å²) in [4.78, 5) is 7.41. The summed E-state index contributed by atoms with van der Waals surface area (Å²) in [5.74, 6) is 0.757. The average Bonchev–Trinajstić information content (AvgIpc) is 3.07. The molecule has 0 bridgehead atoms. The summed E-state index contributed by atoms with van der Waals surface area (Å²) in [5.41, 5.74) is 2.92. The van der Waals surface area contributed by atoms with Crippen molar-refractivity contribution in [3.8, 4) is 0 Å². The second kappa shape index (κ2) is 9.50. The van der Waals surface area contributed by atoms with Gasteiger partial charge in [-0.2, -0.15) is 0 Å². The third-order valence-corrected chi connectivity index (χ3v) is 9.14. The maximum Gasteiger partial charge on any atom is 0.166 e. The van der Waals surface area contributed by atoms with Crippen LogP contribution in [0.25, 0.3) is 0 Å². The summed E-state index contributed by atoms with van der Waals surface area (Å²) >= 11 is 0. The van der Waals surface area contributed by atoms with E-state index in [1.165, 1.54) is 30.4 Å². The molecule has 178 valence electrons. The van der Waals surface area contributed by atoms with Gasteiger partial charge in [-0.05, 0) is 69.2 Å². The van der Waals surface area contributed by atoms with E-state index in [0.29, 0.717) is 0 Å². The third kappa shape index (κ3) is 4.27. The van der Waals surface area contributed by atoms with Crippen molar-refractivity contribution in [1.82, 2.24) is 14.7 Å². The highest BCUT2D eigenvalue weighted by Crippen LogP contribution is 2.50. The van der Waals surface area contributed by atoms with E-state index in [0.717, 1.165) is 57.8 Å². The lowest BCUT2D eigenvalue weighted by molar-refractivity contribution is -0.104. The number of aliphatic hydroxyl groups is 1. The van der Waals surface area contributed by atoms with Crippen LogP contribution in [-0.2, 0) is 12.1 Å². The molecule has 33 heavy (non-hydrogen) atoms. The molecule has 2 aromatic rings. The lowest BCUT2D eigenvalue weighted by atomic mass is 9.68. The molecule has 1 aliphatic heterocycles. The lowest BCUT2D eigenvalue weighted by Gasteiger charge is -2.53. The highest BCUT2D eigenvalue weighted by Gasteiger charge is 2.55. The highest BCUT2D eigenvalue weighted by atomic mass is 16.3. The summed E-state index contributed by atoms with van der Waals surface area (Å²) in [7, 11) is 2.29. The molecule has 1 atom stereocenters. The van der Waals surface area contributed by atoms with Gasteiger partial charge in [-0.3, -0.25) is 14.7 Å². The summed E-state index contributed by atoms with van der Waals surface area (Å²) < 4.78 is 0. The normalized spacial score (nSPS) is 31.3. The Labute approximate surface area is 200 Å². The molecule has 4 heteroatoms. The van der Waals surface area contributed by atoms with Gasteiger partial charge in [0.25, 0.3) is 0 Å². The van der Waals surface area contributed by atoms with Crippen LogP contribution in [0.2, 0.25) is 0 Å². The van der Waals surface area contributed by atoms with E-state index in [1.807, 2.05) is 0 Å². The van der Waals surface area contributed by atoms with Gasteiger partial charge < -0.3 is 5.11 Å². The van der Waals surface area contributed by atoms with Crippen molar-refractivity contribution < 1.29 is 5.11 Å². The number of benzene rings is 2. The lowest BCUT2D eigenvalue weighted by Crippen LogP contribution is -2.57. The second-order valence-electron chi connectivity index (χ2n) is 10.8. The SMILES string of the molecule is CCN(C)[C@]1(c2ccccc2)CC[C@]2(CC1)CN(Cc1ccccc1)C(O)N2CC1CCC1. The zero-order valence-corrected chi connectivity index (χ0v) is 20.5. The quantitative estimate of drug-likeness (QED) is 0.644. The van der Waals surface area contributed by atoms with E-state index in [2.05, 4.69) is 89.3 Å². The fourth-order valence-electron chi connectivity index (χ4n) is 6.71. The molecule has 1 unspecified atom stereocenters. The predicted octanol–water partition coefficient (Wildman–Crippen LogP) is 5.04. The third-order valence-electron chi connectivity index (χ3n) is 9.14. The van der Waals surface area contributed by atoms with E-state index in [4.69, 9.17) is 0 Å². The van der Waals surface area contributed by atoms with Crippen LogP contribution in [-0.4, -0.2) is 58.4 Å². The zero-order chi connectivity index (χ0) is 22.9. The Morgan fingerprint density at radius 1 is 0.939 bits per heavy atom. The molecule has 1 N–H and O–H groups in total. The average molecular weight is 448 g/mol. The van der Waals surface area contributed by atoms with Gasteiger partial charge in [-0.1, -0.05) is 74.0 Å². The molecule has 3 fully saturated rings. The number of rotatable bonds is 7. The first-order valence-electron chi connectivity index (χ1n) is 13.1. The first kappa shape index (κ1) is 23.0. The van der Waals surface area contributed by atoms with Gasteiger partial charge in [0.05, 0.1) is 0 Å². The number of hydrogen-bond donors (Lipinski definition) is 1. The Morgan fingerprint density at radius 3 is 2.15 bits per heavy atom. The minimum absolute atomic E-state index is 0.0800. The van der Waals surface area contributed by atoms with Crippen molar-refractivity contribution in [2.45, 2.75) is 75.8 Å². The van der Waals surface area contributed by atoms with Crippen LogP contribution in [0.15, 0.2) is 60.7 Å². The number of nitrogens with zero attached hydrogens (tertiary/aromatic N) is 3. The van der Waals surface area contributed by atoms with Gasteiger partial charge in [0.1, 0.15) is 0 Å². The van der Waals surface area contributed by atoms with Gasteiger partial charge in [0.2, 0.25) is 0 Å². The fraction of sp³-hybridized carbons (Fsp3) is 0.586. The highest BCUT2D eigenvalue weighted by molar-refractivity contribution is 5.27. The van der Waals surface area contributed by atoms with Crippen LogP contribution in [0.3, 0.4) is 0 Å². The van der Waals surface area contributed by atoms with Crippen molar-refractivity contribution in [3.05, 3.63) is 71.8 Å². The fourth-order valence-corrected chi connectivity index (χ4v) is 6.71. The van der Waals surface area contributed by atoms with Crippen LogP contribution in [0, 0.1) is 5.92 Å². The molecule has 0 aromatic heterocycles. The van der Waals surface area contributed by atoms with E-state index >= 15 is 0 Å². The molecule has 1 heterocycles. The molecule has 2 aromatic carbocycles. The first-order chi connectivity index (χ1) is 16.1. The predicted molar refractivity (Wildman–Crippen MR) is 135 cm³/mol. The summed E-state index contributed by atoms with van der Waals surface area (Å²) in [5, 5.41) is 11.5. The van der Waals surface area contributed by atoms with Crippen LogP contribution in [0.1, 0.15) is 63.0 Å². The van der Waals surface area contributed by atoms with Gasteiger partial charge in [-0.15, -0.1) is 0 Å². The maximum absolute atomic E-state index is 11.5. The molecule has 2 saturated carbocycles. The maximum atomic E-state index is 11.5. The van der Waals surface area contributed by atoms with Crippen LogP contribution >= 0.6 is 0 Å². The molecule has 4 nitrogen and oxygen atoms in total. The summed E-state index contributed by atoms with van der Waals surface area (Å²) in [6.07, 6.45) is 8.10. The van der Waals surface area contributed by atoms with Gasteiger partial charge in [-0.25, -0.2) is 0 Å². The van der Waals surface area contributed by atoms with Crippen molar-refractivity contribution in [3.63, 3.8) is 0 Å². The summed E-state index contributed by atoms with van der Waals surface area (Å²) in [6, 6.07) is 21.8. The van der Waals surface area contributed by atoms with Crippen LogP contribution in [0.4, 0.5) is 0 Å². The molecule has 1 spiro atoms. The van der Waals surface area contributed by atoms with E-state index < -0.39 is 6.35 Å². The molecule has 1 saturated heterocycles. The molecule has 5 rings (SSSR count). The largest absolute Gasteiger partial charge is 0.365 e. The van der Waals surface area contributed by atoms with Crippen molar-refractivity contribution in [1.29, 1.82) is 0 Å². The molecule has 0 radical (unpaired) electrons. The second-order valence-corrected chi connectivity index (χ2v) is 10.8. The Kier molecular flexibility index (Phi) is 6.63. The smallest absolute Gasteiger partial charge is 0.166 e. The topological polar surface area (TPSA) is 30.0 Å². The number of hydrogen-bond acceptors (Lipinski definition) is 4. The molecule has 3 aliphatic rings. The Bertz CT molecular complexity index is 890. The van der Waals surface area contributed by atoms with Gasteiger partial charge in [0.15, 0.2) is 6.35 Å². The Balaban J connectivity index is 1.40. The zero-order valence-electron chi connectivity index (χ0n) is 20.5. The minimum Gasteiger partial charge on any atom is -0.365 e. The minimum atomic E-state index is -0.473. The molecule has 2 aliphatic carbocycles. The first-order valence-corrected chi connectivity index (χ1v) is 13.1. The number of aliphatic hydroxyl groups excluding tert-OH is 1. The van der Waals surface area contributed by atoms with Crippen molar-refractivity contribution >= 4 is 0 Å². The van der Waals surface area contributed by atoms with E-state index in [1.54, 1.807) is 0 Å². The molecular formula is C29H41N3O. The van der Waals surface area contributed by atoms with E-state index in [9.17, 15) is 5.11 Å². The Morgan fingerprint density at radius 2 is 1.58 bits per heavy atom. The van der Waals surface area contributed by atoms with Gasteiger partial charge >= 0.3 is 0 Å².